The second-order valence-electron chi connectivity index (χ2n) is 9.92. The average molecular weight is 498 g/mol. The van der Waals surface area contributed by atoms with Crippen LogP contribution in [0.2, 0.25) is 0 Å². The van der Waals surface area contributed by atoms with Crippen molar-refractivity contribution in [2.75, 3.05) is 33.9 Å². The quantitative estimate of drug-likeness (QED) is 0.422. The fourth-order valence-electron chi connectivity index (χ4n) is 5.34. The highest BCUT2D eigenvalue weighted by Gasteiger charge is 2.34. The number of likely N-dealkylation sites (tertiary alicyclic amines) is 1. The maximum absolute atomic E-state index is 13.6. The zero-order valence-corrected chi connectivity index (χ0v) is 21.7. The van der Waals surface area contributed by atoms with Gasteiger partial charge in [-0.2, -0.15) is 5.10 Å². The minimum atomic E-state index is -0.133. The van der Waals surface area contributed by atoms with Crippen LogP contribution in [0, 0.1) is 5.92 Å². The van der Waals surface area contributed by atoms with Gasteiger partial charge >= 0.3 is 0 Å². The van der Waals surface area contributed by atoms with E-state index in [0.29, 0.717) is 18.9 Å². The van der Waals surface area contributed by atoms with E-state index in [1.807, 2.05) is 48.5 Å². The van der Waals surface area contributed by atoms with Crippen LogP contribution in [0.15, 0.2) is 84.0 Å². The van der Waals surface area contributed by atoms with Gasteiger partial charge in [-0.15, -0.1) is 0 Å². The largest absolute Gasteiger partial charge is 0.497 e. The summed E-state index contributed by atoms with van der Waals surface area (Å²) in [4.78, 5) is 15.9. The van der Waals surface area contributed by atoms with Crippen LogP contribution in [0.4, 0.5) is 0 Å². The molecule has 6 nitrogen and oxygen atoms in total. The maximum Gasteiger partial charge on any atom is 0.257 e. The molecule has 0 aliphatic carbocycles. The molecule has 2 aliphatic heterocycles. The topological polar surface area (TPSA) is 54.4 Å². The molecule has 0 aromatic heterocycles. The molecule has 0 unspecified atom stereocenters. The first-order valence-corrected chi connectivity index (χ1v) is 13.1. The summed E-state index contributed by atoms with van der Waals surface area (Å²) in [6.07, 6.45) is 4.02. The van der Waals surface area contributed by atoms with E-state index in [4.69, 9.17) is 14.6 Å². The normalized spacial score (nSPS) is 18.5. The molecule has 2 aliphatic rings. The molecule has 1 saturated heterocycles. The lowest BCUT2D eigenvalue weighted by atomic mass is 9.90. The number of nitrogens with zero attached hydrogens (tertiary/aromatic N) is 3. The zero-order valence-electron chi connectivity index (χ0n) is 21.7. The lowest BCUT2D eigenvalue weighted by Gasteiger charge is -2.33. The molecule has 1 amide bonds. The van der Waals surface area contributed by atoms with Gasteiger partial charge in [0, 0.05) is 6.42 Å². The Labute approximate surface area is 219 Å². The van der Waals surface area contributed by atoms with Crippen molar-refractivity contribution in [1.29, 1.82) is 0 Å². The average Bonchev–Trinajstić information content (AvgIpc) is 3.40. The summed E-state index contributed by atoms with van der Waals surface area (Å²) in [7, 11) is 3.32. The SMILES string of the molecule is COc1ccc(C2=NN(C(=O)CN3CCC(Cc4ccccc4)CC3)[C@@H](c3ccc(OC)cc3)C2)cc1. The predicted octanol–water partition coefficient (Wildman–Crippen LogP) is 5.34. The third kappa shape index (κ3) is 6.03. The first-order valence-electron chi connectivity index (χ1n) is 13.1. The summed E-state index contributed by atoms with van der Waals surface area (Å²) in [6.45, 7) is 2.28. The Morgan fingerprint density at radius 2 is 1.49 bits per heavy atom. The molecule has 3 aromatic carbocycles. The number of rotatable bonds is 8. The second kappa shape index (κ2) is 11.6. The zero-order chi connectivity index (χ0) is 25.6. The maximum atomic E-state index is 13.6. The predicted molar refractivity (Wildman–Crippen MR) is 146 cm³/mol. The summed E-state index contributed by atoms with van der Waals surface area (Å²) >= 11 is 0. The molecule has 2 heterocycles. The van der Waals surface area contributed by atoms with Gasteiger partial charge in [-0.25, -0.2) is 5.01 Å². The molecule has 192 valence electrons. The van der Waals surface area contributed by atoms with Gasteiger partial charge in [0.15, 0.2) is 0 Å². The highest BCUT2D eigenvalue weighted by Crippen LogP contribution is 2.34. The molecular weight excluding hydrogens is 462 g/mol. The third-order valence-corrected chi connectivity index (χ3v) is 7.52. The van der Waals surface area contributed by atoms with Crippen molar-refractivity contribution in [3.05, 3.63) is 95.6 Å². The van der Waals surface area contributed by atoms with Crippen molar-refractivity contribution >= 4 is 11.6 Å². The summed E-state index contributed by atoms with van der Waals surface area (Å²) < 4.78 is 10.6. The fourth-order valence-corrected chi connectivity index (χ4v) is 5.34. The molecule has 5 rings (SSSR count). The van der Waals surface area contributed by atoms with Crippen molar-refractivity contribution in [1.82, 2.24) is 9.91 Å². The van der Waals surface area contributed by atoms with Gasteiger partial charge in [0.05, 0.1) is 32.5 Å². The van der Waals surface area contributed by atoms with Gasteiger partial charge in [0.25, 0.3) is 5.91 Å². The van der Waals surface area contributed by atoms with E-state index in [9.17, 15) is 4.79 Å². The number of carbonyl (C=O) groups is 1. The number of hydrazone groups is 1. The lowest BCUT2D eigenvalue weighted by molar-refractivity contribution is -0.134. The molecule has 1 atom stereocenters. The molecule has 1 fully saturated rings. The first-order chi connectivity index (χ1) is 18.1. The van der Waals surface area contributed by atoms with E-state index in [0.717, 1.165) is 60.7 Å². The van der Waals surface area contributed by atoms with E-state index in [-0.39, 0.29) is 11.9 Å². The summed E-state index contributed by atoms with van der Waals surface area (Å²) in [5, 5.41) is 6.56. The van der Waals surface area contributed by atoms with Crippen LogP contribution < -0.4 is 9.47 Å². The number of hydrogen-bond donors (Lipinski definition) is 0. The van der Waals surface area contributed by atoms with E-state index < -0.39 is 0 Å². The Morgan fingerprint density at radius 1 is 0.865 bits per heavy atom. The number of benzene rings is 3. The number of carbonyl (C=O) groups excluding carboxylic acids is 1. The number of piperidine rings is 1. The molecule has 0 saturated carbocycles. The molecule has 6 heteroatoms. The van der Waals surface area contributed by atoms with E-state index in [1.54, 1.807) is 19.2 Å². The van der Waals surface area contributed by atoms with E-state index in [2.05, 4.69) is 35.2 Å². The first kappa shape index (κ1) is 25.0. The summed E-state index contributed by atoms with van der Waals surface area (Å²) in [5.41, 5.74) is 4.38. The molecule has 37 heavy (non-hydrogen) atoms. The van der Waals surface area contributed by atoms with Crippen LogP contribution in [0.3, 0.4) is 0 Å². The van der Waals surface area contributed by atoms with Crippen molar-refractivity contribution < 1.29 is 14.3 Å². The molecule has 0 radical (unpaired) electrons. The fraction of sp³-hybridized carbons (Fsp3) is 0.355. The van der Waals surface area contributed by atoms with Crippen molar-refractivity contribution in [3.8, 4) is 11.5 Å². The Hall–Kier alpha value is -3.64. The van der Waals surface area contributed by atoms with Crippen molar-refractivity contribution in [3.63, 3.8) is 0 Å². The van der Waals surface area contributed by atoms with E-state index >= 15 is 0 Å². The monoisotopic (exact) mass is 497 g/mol. The van der Waals surface area contributed by atoms with E-state index in [1.165, 1.54) is 5.56 Å². The minimum absolute atomic E-state index is 0.0471. The Balaban J connectivity index is 1.27. The van der Waals surface area contributed by atoms with Crippen LogP contribution in [0.25, 0.3) is 0 Å². The molecule has 0 spiro atoms. The van der Waals surface area contributed by atoms with Crippen LogP contribution in [-0.2, 0) is 11.2 Å². The van der Waals surface area contributed by atoms with Gasteiger partial charge < -0.3 is 9.47 Å². The number of ether oxygens (including phenoxy) is 2. The standard InChI is InChI=1S/C31H35N3O3/c1-36-27-12-8-25(9-13-27)29-21-30(26-10-14-28(37-2)15-11-26)34(32-29)31(35)22-33-18-16-24(17-19-33)20-23-6-4-3-5-7-23/h3-15,24,30H,16-22H2,1-2H3/t30-/m1/s1. The molecule has 3 aromatic rings. The third-order valence-electron chi connectivity index (χ3n) is 7.52. The van der Waals surface area contributed by atoms with Crippen LogP contribution in [0.1, 0.15) is 42.0 Å². The van der Waals surface area contributed by atoms with Crippen LogP contribution >= 0.6 is 0 Å². The Kier molecular flexibility index (Phi) is 7.85. The second-order valence-corrected chi connectivity index (χ2v) is 9.92. The van der Waals surface area contributed by atoms with Crippen molar-refractivity contribution in [2.24, 2.45) is 11.0 Å². The molecule has 0 bridgehead atoms. The van der Waals surface area contributed by atoms with Crippen LogP contribution in [-0.4, -0.2) is 55.4 Å². The summed E-state index contributed by atoms with van der Waals surface area (Å²) in [6, 6.07) is 26.4. The molecular formula is C31H35N3O3. The van der Waals surface area contributed by atoms with Crippen molar-refractivity contribution in [2.45, 2.75) is 31.7 Å². The highest BCUT2D eigenvalue weighted by atomic mass is 16.5. The van der Waals surface area contributed by atoms with Crippen LogP contribution in [0.5, 0.6) is 11.5 Å². The number of amides is 1. The Bertz CT molecular complexity index is 1200. The summed E-state index contributed by atoms with van der Waals surface area (Å²) in [5.74, 6) is 2.32. The van der Waals surface area contributed by atoms with Gasteiger partial charge in [-0.05, 0) is 91.4 Å². The highest BCUT2D eigenvalue weighted by molar-refractivity contribution is 6.03. The number of methoxy groups -OCH3 is 2. The van der Waals surface area contributed by atoms with Gasteiger partial charge in [0.2, 0.25) is 0 Å². The van der Waals surface area contributed by atoms with Gasteiger partial charge in [-0.3, -0.25) is 9.69 Å². The smallest absolute Gasteiger partial charge is 0.257 e. The Morgan fingerprint density at radius 3 is 2.11 bits per heavy atom. The van der Waals surface area contributed by atoms with Gasteiger partial charge in [-0.1, -0.05) is 42.5 Å². The number of hydrogen-bond acceptors (Lipinski definition) is 5. The minimum Gasteiger partial charge on any atom is -0.497 e. The lowest BCUT2D eigenvalue weighted by Crippen LogP contribution is -2.42. The molecule has 0 N–H and O–H groups in total. The van der Waals surface area contributed by atoms with Gasteiger partial charge in [0.1, 0.15) is 11.5 Å².